The lowest BCUT2D eigenvalue weighted by molar-refractivity contribution is -0.112. The van der Waals surface area contributed by atoms with Crippen molar-refractivity contribution in [3.63, 3.8) is 0 Å². The molecule has 39 heavy (non-hydrogen) atoms. The van der Waals surface area contributed by atoms with E-state index < -0.39 is 17.7 Å². The summed E-state index contributed by atoms with van der Waals surface area (Å²) >= 11 is 0. The molecule has 10 nitrogen and oxygen atoms in total. The minimum absolute atomic E-state index is 0.138. The fourth-order valence-corrected chi connectivity index (χ4v) is 4.30. The predicted octanol–water partition coefficient (Wildman–Crippen LogP) is 3.83. The van der Waals surface area contributed by atoms with E-state index in [9.17, 15) is 14.4 Å². The van der Waals surface area contributed by atoms with Crippen LogP contribution in [0.2, 0.25) is 0 Å². The van der Waals surface area contributed by atoms with Gasteiger partial charge in [0.1, 0.15) is 18.2 Å². The summed E-state index contributed by atoms with van der Waals surface area (Å²) in [7, 11) is 0. The quantitative estimate of drug-likeness (QED) is 0.316. The van der Waals surface area contributed by atoms with Gasteiger partial charge in [0.15, 0.2) is 0 Å². The molecule has 0 bridgehead atoms. The van der Waals surface area contributed by atoms with Crippen molar-refractivity contribution in [2.75, 3.05) is 51.3 Å². The average molecular weight is 536 g/mol. The maximum absolute atomic E-state index is 13.4. The molecule has 2 N–H and O–H groups in total. The number of Topliss-reactive ketones (excluding diaryl/α,β-unsaturated/α-hetero) is 1. The molecule has 3 aromatic rings. The van der Waals surface area contributed by atoms with Gasteiger partial charge < -0.3 is 20.1 Å². The molecule has 208 valence electrons. The smallest absolute Gasteiger partial charge is 0.344 e. The molecule has 4 rings (SSSR count). The fraction of sp³-hybridized carbons (Fsp3) is 0.448. The maximum atomic E-state index is 13.4. The van der Waals surface area contributed by atoms with Crippen LogP contribution in [0, 0.1) is 0 Å². The van der Waals surface area contributed by atoms with Gasteiger partial charge in [-0.05, 0) is 23.9 Å². The first kappa shape index (κ1) is 28.3. The Kier molecular flexibility index (Phi) is 8.98. The minimum atomic E-state index is -0.856. The van der Waals surface area contributed by atoms with Gasteiger partial charge in [-0.2, -0.15) is 9.78 Å². The summed E-state index contributed by atoms with van der Waals surface area (Å²) in [5.74, 6) is -0.785. The maximum Gasteiger partial charge on any atom is 0.344 e. The van der Waals surface area contributed by atoms with Gasteiger partial charge in [-0.25, -0.2) is 4.79 Å². The Morgan fingerprint density at radius 2 is 1.77 bits per heavy atom. The number of carbonyl (C=O) groups is 3. The molecule has 1 fully saturated rings. The largest absolute Gasteiger partial charge is 0.492 e. The molecular formula is C29H37N5O5. The molecule has 2 amide bonds. The number of aromatic nitrogens is 2. The summed E-state index contributed by atoms with van der Waals surface area (Å²) in [6.45, 7) is 12.7. The van der Waals surface area contributed by atoms with Crippen LogP contribution in [-0.4, -0.2) is 78.4 Å². The van der Waals surface area contributed by atoms with Crippen LogP contribution in [0.1, 0.15) is 50.2 Å². The first-order valence-corrected chi connectivity index (χ1v) is 13.4. The zero-order valence-electron chi connectivity index (χ0n) is 23.1. The number of ether oxygens (including phenoxy) is 2. The number of nitrogens with one attached hydrogen (secondary N) is 2. The molecule has 0 radical (unpaired) electrons. The number of fused-ring (bicyclic) bond motifs is 1. The van der Waals surface area contributed by atoms with Crippen LogP contribution < -0.4 is 15.4 Å². The molecular weight excluding hydrogens is 498 g/mol. The van der Waals surface area contributed by atoms with Crippen molar-refractivity contribution in [3.8, 4) is 5.75 Å². The highest BCUT2D eigenvalue weighted by molar-refractivity contribution is 6.48. The molecule has 0 aliphatic carbocycles. The first-order valence-electron chi connectivity index (χ1n) is 13.4. The number of anilines is 1. The van der Waals surface area contributed by atoms with Crippen molar-refractivity contribution in [2.24, 2.45) is 0 Å². The topological polar surface area (TPSA) is 115 Å². The Bertz CT molecular complexity index is 1340. The zero-order chi connectivity index (χ0) is 28.0. The second-order valence-corrected chi connectivity index (χ2v) is 10.6. The minimum Gasteiger partial charge on any atom is -0.492 e. The van der Waals surface area contributed by atoms with Gasteiger partial charge in [-0.3, -0.25) is 14.5 Å². The number of morpholine rings is 1. The number of nitrogens with zero attached hydrogens (tertiary/aromatic N) is 3. The summed E-state index contributed by atoms with van der Waals surface area (Å²) in [5.41, 5.74) is 0.496. The van der Waals surface area contributed by atoms with Gasteiger partial charge in [0.25, 0.3) is 11.7 Å². The predicted molar refractivity (Wildman–Crippen MR) is 150 cm³/mol. The summed E-state index contributed by atoms with van der Waals surface area (Å²) < 4.78 is 12.6. The van der Waals surface area contributed by atoms with E-state index in [4.69, 9.17) is 9.47 Å². The molecule has 1 aliphatic rings. The van der Waals surface area contributed by atoms with Gasteiger partial charge >= 0.3 is 6.03 Å². The molecule has 1 aliphatic heterocycles. The zero-order valence-corrected chi connectivity index (χ0v) is 23.1. The number of hydrogen-bond donors (Lipinski definition) is 2. The molecule has 2 heterocycles. The van der Waals surface area contributed by atoms with Crippen LogP contribution >= 0.6 is 0 Å². The lowest BCUT2D eigenvalue weighted by atomic mass is 9.92. The average Bonchev–Trinajstić information content (AvgIpc) is 3.36. The Balaban J connectivity index is 1.54. The molecule has 0 atom stereocenters. The Labute approximate surface area is 228 Å². The Hall–Kier alpha value is -3.76. The number of hydrogen-bond acceptors (Lipinski definition) is 7. The van der Waals surface area contributed by atoms with E-state index in [2.05, 4.69) is 20.6 Å². The van der Waals surface area contributed by atoms with Crippen molar-refractivity contribution in [3.05, 3.63) is 53.7 Å². The van der Waals surface area contributed by atoms with Crippen LogP contribution in [0.25, 0.3) is 10.8 Å². The molecule has 0 unspecified atom stereocenters. The molecule has 10 heteroatoms. The highest BCUT2D eigenvalue weighted by Crippen LogP contribution is 2.30. The van der Waals surface area contributed by atoms with E-state index in [0.717, 1.165) is 49.3 Å². The number of carbonyl (C=O) groups excluding carboxylic acids is 3. The number of benzene rings is 2. The third-order valence-corrected chi connectivity index (χ3v) is 6.54. The summed E-state index contributed by atoms with van der Waals surface area (Å²) in [6, 6.07) is 11.8. The molecule has 0 saturated carbocycles. The number of amides is 2. The SMILES string of the molecule is CCCNC(=O)n1nc(C(C)(C)C)cc1NC(=O)C(=O)c1ccc(OCCN2CCOCC2)c2ccccc12. The number of rotatable bonds is 9. The van der Waals surface area contributed by atoms with E-state index >= 15 is 0 Å². The molecule has 1 saturated heterocycles. The van der Waals surface area contributed by atoms with Crippen LogP contribution in [-0.2, 0) is 14.9 Å². The van der Waals surface area contributed by atoms with Crippen LogP contribution in [0.4, 0.5) is 10.6 Å². The van der Waals surface area contributed by atoms with Gasteiger partial charge in [0, 0.05) is 48.6 Å². The summed E-state index contributed by atoms with van der Waals surface area (Å²) in [4.78, 5) is 41.5. The van der Waals surface area contributed by atoms with Crippen molar-refractivity contribution in [2.45, 2.75) is 39.5 Å². The normalized spacial score (nSPS) is 14.3. The summed E-state index contributed by atoms with van der Waals surface area (Å²) in [5, 5.41) is 11.1. The van der Waals surface area contributed by atoms with Gasteiger partial charge in [0.2, 0.25) is 0 Å². The molecule has 2 aromatic carbocycles. The van der Waals surface area contributed by atoms with Crippen LogP contribution in [0.5, 0.6) is 5.75 Å². The standard InChI is InChI=1S/C29H37N5O5/c1-5-12-30-28(37)34-25(19-24(32-34)29(2,3)4)31-27(36)26(35)22-10-11-23(21-9-7-6-8-20(21)22)39-18-15-33-13-16-38-17-14-33/h6-11,19H,5,12-18H2,1-4H3,(H,30,37)(H,31,36). The van der Waals surface area contributed by atoms with E-state index in [0.29, 0.717) is 30.0 Å². The molecule has 0 spiro atoms. The van der Waals surface area contributed by atoms with Crippen molar-refractivity contribution >= 4 is 34.3 Å². The highest BCUT2D eigenvalue weighted by Gasteiger charge is 2.26. The summed E-state index contributed by atoms with van der Waals surface area (Å²) in [6.07, 6.45) is 0.749. The van der Waals surface area contributed by atoms with Crippen LogP contribution in [0.15, 0.2) is 42.5 Å². The highest BCUT2D eigenvalue weighted by atomic mass is 16.5. The van der Waals surface area contributed by atoms with Crippen molar-refractivity contribution < 1.29 is 23.9 Å². The Morgan fingerprint density at radius 1 is 1.05 bits per heavy atom. The second-order valence-electron chi connectivity index (χ2n) is 10.6. The van der Waals surface area contributed by atoms with Gasteiger partial charge in [0.05, 0.1) is 18.9 Å². The number of ketones is 1. The van der Waals surface area contributed by atoms with E-state index in [1.807, 2.05) is 45.9 Å². The fourth-order valence-electron chi connectivity index (χ4n) is 4.30. The van der Waals surface area contributed by atoms with E-state index in [1.54, 1.807) is 24.3 Å². The van der Waals surface area contributed by atoms with E-state index in [1.165, 1.54) is 0 Å². The van der Waals surface area contributed by atoms with Gasteiger partial charge in [-0.1, -0.05) is 52.0 Å². The van der Waals surface area contributed by atoms with Crippen molar-refractivity contribution in [1.82, 2.24) is 20.0 Å². The first-order chi connectivity index (χ1) is 18.7. The molecule has 1 aromatic heterocycles. The third kappa shape index (κ3) is 6.82. The Morgan fingerprint density at radius 3 is 2.46 bits per heavy atom. The second kappa shape index (κ2) is 12.4. The lowest BCUT2D eigenvalue weighted by Crippen LogP contribution is -2.38. The van der Waals surface area contributed by atoms with Crippen LogP contribution in [0.3, 0.4) is 0 Å². The van der Waals surface area contributed by atoms with E-state index in [-0.39, 0.29) is 16.8 Å². The van der Waals surface area contributed by atoms with Crippen molar-refractivity contribution in [1.29, 1.82) is 0 Å². The lowest BCUT2D eigenvalue weighted by Gasteiger charge is -2.26. The monoisotopic (exact) mass is 535 g/mol. The van der Waals surface area contributed by atoms with Gasteiger partial charge in [-0.15, -0.1) is 0 Å². The third-order valence-electron chi connectivity index (χ3n) is 6.54.